The van der Waals surface area contributed by atoms with Gasteiger partial charge in [0.05, 0.1) is 13.0 Å². The second-order valence-electron chi connectivity index (χ2n) is 7.04. The van der Waals surface area contributed by atoms with Crippen LogP contribution in [0.3, 0.4) is 0 Å². The number of benzene rings is 1. The van der Waals surface area contributed by atoms with Crippen molar-refractivity contribution in [3.05, 3.63) is 60.7 Å². The van der Waals surface area contributed by atoms with Gasteiger partial charge in [0.1, 0.15) is 17.9 Å². The average Bonchev–Trinajstić information content (AvgIpc) is 3.33. The highest BCUT2D eigenvalue weighted by molar-refractivity contribution is 5.79. The molecule has 0 radical (unpaired) electrons. The summed E-state index contributed by atoms with van der Waals surface area (Å²) in [7, 11) is 1.64. The summed E-state index contributed by atoms with van der Waals surface area (Å²) in [5.74, 6) is 2.35. The van der Waals surface area contributed by atoms with Crippen LogP contribution in [0.5, 0.6) is 5.75 Å². The molecular formula is C21H24N6O2. The maximum Gasteiger partial charge on any atom is 0.225 e. The summed E-state index contributed by atoms with van der Waals surface area (Å²) in [4.78, 5) is 23.6. The fourth-order valence-electron chi connectivity index (χ4n) is 3.52. The van der Waals surface area contributed by atoms with Gasteiger partial charge in [-0.3, -0.25) is 4.79 Å². The Morgan fingerprint density at radius 3 is 2.83 bits per heavy atom. The van der Waals surface area contributed by atoms with E-state index in [1.807, 2.05) is 42.6 Å². The van der Waals surface area contributed by atoms with E-state index in [1.165, 1.54) is 0 Å². The molecule has 8 heteroatoms. The first-order valence-electron chi connectivity index (χ1n) is 9.70. The maximum atomic E-state index is 12.7. The number of aromatic nitrogens is 4. The van der Waals surface area contributed by atoms with Crippen LogP contribution in [0.25, 0.3) is 5.82 Å². The third-order valence-corrected chi connectivity index (χ3v) is 5.12. The molecular weight excluding hydrogens is 368 g/mol. The van der Waals surface area contributed by atoms with Crippen LogP contribution in [0.4, 0.5) is 5.82 Å². The van der Waals surface area contributed by atoms with E-state index >= 15 is 0 Å². The molecule has 1 unspecified atom stereocenters. The lowest BCUT2D eigenvalue weighted by Crippen LogP contribution is -2.43. The number of hydrogen-bond donors (Lipinski definition) is 1. The zero-order valence-electron chi connectivity index (χ0n) is 16.4. The minimum atomic E-state index is -0.0647. The van der Waals surface area contributed by atoms with Crippen molar-refractivity contribution < 1.29 is 9.53 Å². The standard InChI is InChI=1S/C21H24N6O2/c1-29-18-7-5-16(6-8-18)13-22-21(28)17-4-2-10-26(14-17)19-12-20(24-15-23-19)27-11-3-9-25-27/h3,5-9,11-12,15,17H,2,4,10,13-14H2,1H3,(H,22,28). The van der Waals surface area contributed by atoms with Crippen molar-refractivity contribution in [2.45, 2.75) is 19.4 Å². The van der Waals surface area contributed by atoms with E-state index in [0.29, 0.717) is 18.9 Å². The summed E-state index contributed by atoms with van der Waals surface area (Å²) in [6.07, 6.45) is 6.92. The molecule has 1 saturated heterocycles. The van der Waals surface area contributed by atoms with Crippen LogP contribution in [-0.4, -0.2) is 45.9 Å². The van der Waals surface area contributed by atoms with Crippen molar-refractivity contribution in [2.75, 3.05) is 25.1 Å². The normalized spacial score (nSPS) is 16.4. The van der Waals surface area contributed by atoms with Crippen LogP contribution in [-0.2, 0) is 11.3 Å². The van der Waals surface area contributed by atoms with Gasteiger partial charge in [-0.15, -0.1) is 0 Å². The number of carbonyl (C=O) groups excluding carboxylic acids is 1. The Kier molecular flexibility index (Phi) is 5.69. The molecule has 2 aromatic heterocycles. The van der Waals surface area contributed by atoms with Gasteiger partial charge in [0.25, 0.3) is 0 Å². The fourth-order valence-corrected chi connectivity index (χ4v) is 3.52. The Morgan fingerprint density at radius 1 is 1.24 bits per heavy atom. The zero-order chi connectivity index (χ0) is 20.1. The monoisotopic (exact) mass is 392 g/mol. The molecule has 1 aliphatic rings. The lowest BCUT2D eigenvalue weighted by molar-refractivity contribution is -0.125. The molecule has 29 heavy (non-hydrogen) atoms. The molecule has 0 spiro atoms. The molecule has 3 heterocycles. The number of nitrogens with zero attached hydrogens (tertiary/aromatic N) is 5. The van der Waals surface area contributed by atoms with Crippen molar-refractivity contribution in [3.63, 3.8) is 0 Å². The van der Waals surface area contributed by atoms with E-state index in [-0.39, 0.29) is 11.8 Å². The van der Waals surface area contributed by atoms with Crippen LogP contribution in [0.1, 0.15) is 18.4 Å². The minimum absolute atomic E-state index is 0.0647. The number of rotatable bonds is 6. The SMILES string of the molecule is COc1ccc(CNC(=O)C2CCCN(c3cc(-n4cccn4)ncn3)C2)cc1. The highest BCUT2D eigenvalue weighted by atomic mass is 16.5. The lowest BCUT2D eigenvalue weighted by atomic mass is 9.97. The highest BCUT2D eigenvalue weighted by Crippen LogP contribution is 2.23. The summed E-state index contributed by atoms with van der Waals surface area (Å²) < 4.78 is 6.87. The zero-order valence-corrected chi connectivity index (χ0v) is 16.4. The van der Waals surface area contributed by atoms with Gasteiger partial charge in [0.2, 0.25) is 5.91 Å². The van der Waals surface area contributed by atoms with E-state index < -0.39 is 0 Å². The Labute approximate surface area is 169 Å². The number of anilines is 1. The van der Waals surface area contributed by atoms with Gasteiger partial charge >= 0.3 is 0 Å². The molecule has 3 aromatic rings. The molecule has 0 aliphatic carbocycles. The Bertz CT molecular complexity index is 942. The van der Waals surface area contributed by atoms with Gasteiger partial charge in [0, 0.05) is 38.1 Å². The number of piperidine rings is 1. The minimum Gasteiger partial charge on any atom is -0.497 e. The lowest BCUT2D eigenvalue weighted by Gasteiger charge is -2.32. The molecule has 1 atom stereocenters. The summed E-state index contributed by atoms with van der Waals surface area (Å²) >= 11 is 0. The van der Waals surface area contributed by atoms with E-state index in [9.17, 15) is 4.79 Å². The van der Waals surface area contributed by atoms with Crippen molar-refractivity contribution in [3.8, 4) is 11.6 Å². The third-order valence-electron chi connectivity index (χ3n) is 5.12. The summed E-state index contributed by atoms with van der Waals surface area (Å²) in [5, 5.41) is 7.27. The number of ether oxygens (including phenoxy) is 1. The number of methoxy groups -OCH3 is 1. The Hall–Kier alpha value is -3.42. The summed E-state index contributed by atoms with van der Waals surface area (Å²) in [6, 6.07) is 11.5. The Morgan fingerprint density at radius 2 is 2.07 bits per heavy atom. The second kappa shape index (κ2) is 8.72. The molecule has 4 rings (SSSR count). The van der Waals surface area contributed by atoms with Crippen molar-refractivity contribution >= 4 is 11.7 Å². The van der Waals surface area contributed by atoms with Crippen LogP contribution >= 0.6 is 0 Å². The molecule has 0 saturated carbocycles. The predicted molar refractivity (Wildman–Crippen MR) is 109 cm³/mol. The largest absolute Gasteiger partial charge is 0.497 e. The molecule has 1 amide bonds. The van der Waals surface area contributed by atoms with Crippen LogP contribution in [0, 0.1) is 5.92 Å². The first kappa shape index (κ1) is 18.9. The van der Waals surface area contributed by atoms with Gasteiger partial charge in [0.15, 0.2) is 5.82 Å². The smallest absolute Gasteiger partial charge is 0.225 e. The summed E-state index contributed by atoms with van der Waals surface area (Å²) in [5.41, 5.74) is 1.05. The molecule has 150 valence electrons. The number of carbonyl (C=O) groups is 1. The van der Waals surface area contributed by atoms with E-state index in [2.05, 4.69) is 25.3 Å². The molecule has 1 aliphatic heterocycles. The highest BCUT2D eigenvalue weighted by Gasteiger charge is 2.26. The van der Waals surface area contributed by atoms with Crippen LogP contribution in [0.2, 0.25) is 0 Å². The number of nitrogens with one attached hydrogen (secondary N) is 1. The number of hydrogen-bond acceptors (Lipinski definition) is 6. The first-order chi connectivity index (χ1) is 14.2. The molecule has 1 N–H and O–H groups in total. The van der Waals surface area contributed by atoms with Gasteiger partial charge in [-0.1, -0.05) is 12.1 Å². The molecule has 1 aromatic carbocycles. The average molecular weight is 392 g/mol. The van der Waals surface area contributed by atoms with Gasteiger partial charge < -0.3 is 15.0 Å². The Balaban J connectivity index is 1.37. The topological polar surface area (TPSA) is 85.2 Å². The van der Waals surface area contributed by atoms with Gasteiger partial charge in [-0.05, 0) is 36.6 Å². The molecule has 1 fully saturated rings. The van der Waals surface area contributed by atoms with E-state index in [0.717, 1.165) is 36.5 Å². The summed E-state index contributed by atoms with van der Waals surface area (Å²) in [6.45, 7) is 2.03. The van der Waals surface area contributed by atoms with Crippen molar-refractivity contribution in [1.82, 2.24) is 25.1 Å². The van der Waals surface area contributed by atoms with Crippen molar-refractivity contribution in [2.24, 2.45) is 5.92 Å². The van der Waals surface area contributed by atoms with Crippen LogP contribution < -0.4 is 15.0 Å². The molecule has 0 bridgehead atoms. The quantitative estimate of drug-likeness (QED) is 0.692. The second-order valence-corrected chi connectivity index (χ2v) is 7.04. The predicted octanol–water partition coefficient (Wildman–Crippen LogP) is 2.20. The number of amides is 1. The van der Waals surface area contributed by atoms with Crippen molar-refractivity contribution in [1.29, 1.82) is 0 Å². The first-order valence-corrected chi connectivity index (χ1v) is 9.70. The van der Waals surface area contributed by atoms with Gasteiger partial charge in [-0.2, -0.15) is 5.10 Å². The third kappa shape index (κ3) is 4.53. The van der Waals surface area contributed by atoms with E-state index in [1.54, 1.807) is 24.3 Å². The fraction of sp³-hybridized carbons (Fsp3) is 0.333. The maximum absolute atomic E-state index is 12.7. The van der Waals surface area contributed by atoms with Crippen LogP contribution in [0.15, 0.2) is 55.1 Å². The van der Waals surface area contributed by atoms with Gasteiger partial charge in [-0.25, -0.2) is 14.6 Å². The van der Waals surface area contributed by atoms with E-state index in [4.69, 9.17) is 4.74 Å². The molecule has 8 nitrogen and oxygen atoms in total.